The van der Waals surface area contributed by atoms with Crippen molar-refractivity contribution in [1.82, 2.24) is 10.3 Å². The highest BCUT2D eigenvalue weighted by Gasteiger charge is 2.19. The van der Waals surface area contributed by atoms with Gasteiger partial charge in [0.2, 0.25) is 5.91 Å². The molecule has 0 aliphatic heterocycles. The molecule has 0 saturated heterocycles. The fourth-order valence-electron chi connectivity index (χ4n) is 1.59. The van der Waals surface area contributed by atoms with Crippen LogP contribution in [-0.2, 0) is 21.2 Å². The van der Waals surface area contributed by atoms with Crippen LogP contribution in [0.3, 0.4) is 0 Å². The molecule has 112 valence electrons. The Morgan fingerprint density at radius 3 is 2.71 bits per heavy atom. The number of hydrogen-bond donors (Lipinski definition) is 2. The second kappa shape index (κ2) is 6.42. The summed E-state index contributed by atoms with van der Waals surface area (Å²) in [7, 11) is -2.25. The van der Waals surface area contributed by atoms with Crippen molar-refractivity contribution in [3.8, 4) is 0 Å². The quantitative estimate of drug-likeness (QED) is 0.866. The summed E-state index contributed by atoms with van der Waals surface area (Å²) in [5.41, 5.74) is 0.932. The van der Waals surface area contributed by atoms with E-state index >= 15 is 0 Å². The molecule has 0 fully saturated rings. The minimum absolute atomic E-state index is 0.0160. The van der Waals surface area contributed by atoms with Crippen LogP contribution in [0, 0.1) is 0 Å². The van der Waals surface area contributed by atoms with Gasteiger partial charge in [0.05, 0.1) is 18.3 Å². The fourth-order valence-corrected chi connectivity index (χ4v) is 3.99. The summed E-state index contributed by atoms with van der Waals surface area (Å²) in [5, 5.41) is 2.50. The zero-order valence-electron chi connectivity index (χ0n) is 11.0. The van der Waals surface area contributed by atoms with E-state index in [9.17, 15) is 13.2 Å². The van der Waals surface area contributed by atoms with E-state index in [1.807, 2.05) is 0 Å². The summed E-state index contributed by atoms with van der Waals surface area (Å²) in [5.74, 6) is -0.206. The van der Waals surface area contributed by atoms with Crippen LogP contribution < -0.4 is 10.0 Å². The maximum Gasteiger partial charge on any atom is 0.273 e. The van der Waals surface area contributed by atoms with Crippen LogP contribution in [0.15, 0.2) is 34.7 Å². The number of sulfonamides is 1. The van der Waals surface area contributed by atoms with Gasteiger partial charge in [-0.2, -0.15) is 0 Å². The highest BCUT2D eigenvalue weighted by Crippen LogP contribution is 2.26. The number of nitrogens with zero attached hydrogens (tertiary/aromatic N) is 1. The largest absolute Gasteiger partial charge is 0.359 e. The Morgan fingerprint density at radius 1 is 1.38 bits per heavy atom. The number of para-hydroxylation sites is 1. The molecule has 0 unspecified atom stereocenters. The lowest BCUT2D eigenvalue weighted by molar-refractivity contribution is -0.119. The highest BCUT2D eigenvalue weighted by molar-refractivity contribution is 7.94. The summed E-state index contributed by atoms with van der Waals surface area (Å²) in [4.78, 5) is 15.2. The summed E-state index contributed by atoms with van der Waals surface area (Å²) < 4.78 is 27.1. The molecule has 0 radical (unpaired) electrons. The molecular weight excluding hydrogens is 334 g/mol. The van der Waals surface area contributed by atoms with Gasteiger partial charge in [-0.1, -0.05) is 41.1 Å². The minimum atomic E-state index is -3.77. The third kappa shape index (κ3) is 3.93. The Morgan fingerprint density at radius 2 is 2.10 bits per heavy atom. The molecule has 2 N–H and O–H groups in total. The molecule has 0 aliphatic rings. The van der Waals surface area contributed by atoms with Crippen LogP contribution >= 0.6 is 22.9 Å². The number of hydrogen-bond acceptors (Lipinski definition) is 5. The molecule has 21 heavy (non-hydrogen) atoms. The van der Waals surface area contributed by atoms with E-state index in [-0.39, 0.29) is 21.0 Å². The van der Waals surface area contributed by atoms with Crippen molar-refractivity contribution < 1.29 is 13.2 Å². The van der Waals surface area contributed by atoms with Gasteiger partial charge in [0.1, 0.15) is 0 Å². The van der Waals surface area contributed by atoms with E-state index in [1.165, 1.54) is 13.2 Å². The van der Waals surface area contributed by atoms with Gasteiger partial charge in [-0.15, -0.1) is 0 Å². The summed E-state index contributed by atoms with van der Waals surface area (Å²) in [6.07, 6.45) is 1.27. The number of rotatable bonds is 5. The van der Waals surface area contributed by atoms with E-state index in [4.69, 9.17) is 11.6 Å². The van der Waals surface area contributed by atoms with Crippen LogP contribution in [0.5, 0.6) is 0 Å². The zero-order chi connectivity index (χ0) is 15.5. The molecular formula is C12H12ClN3O3S2. The third-order valence-corrected chi connectivity index (χ3v) is 5.55. The Bertz CT molecular complexity index is 759. The number of carbonyl (C=O) groups is 1. The third-order valence-electron chi connectivity index (χ3n) is 2.61. The Balaban J connectivity index is 2.29. The number of anilines is 1. The SMILES string of the molecule is CNC(=O)Cc1ccccc1NS(=O)(=O)c1cnc(Cl)s1. The highest BCUT2D eigenvalue weighted by atomic mass is 35.5. The van der Waals surface area contributed by atoms with Gasteiger partial charge >= 0.3 is 0 Å². The van der Waals surface area contributed by atoms with E-state index in [2.05, 4.69) is 15.0 Å². The average molecular weight is 346 g/mol. The first-order valence-corrected chi connectivity index (χ1v) is 8.53. The van der Waals surface area contributed by atoms with Crippen molar-refractivity contribution in [2.75, 3.05) is 11.8 Å². The van der Waals surface area contributed by atoms with Crippen molar-refractivity contribution in [2.45, 2.75) is 10.6 Å². The Labute approximate surface area is 131 Å². The topological polar surface area (TPSA) is 88.2 Å². The molecule has 0 bridgehead atoms. The van der Waals surface area contributed by atoms with E-state index in [1.54, 1.807) is 24.3 Å². The smallest absolute Gasteiger partial charge is 0.273 e. The second-order valence-corrected chi connectivity index (χ2v) is 7.57. The zero-order valence-corrected chi connectivity index (χ0v) is 13.3. The van der Waals surface area contributed by atoms with Crippen LogP contribution in [0.2, 0.25) is 4.47 Å². The van der Waals surface area contributed by atoms with Crippen LogP contribution in [0.1, 0.15) is 5.56 Å². The number of amides is 1. The number of aromatic nitrogens is 1. The summed E-state index contributed by atoms with van der Waals surface area (Å²) in [6, 6.07) is 6.70. The number of halogens is 1. The molecule has 2 rings (SSSR count). The number of carbonyl (C=O) groups excluding carboxylic acids is 1. The molecule has 1 amide bonds. The number of benzene rings is 1. The Kier molecular flexibility index (Phi) is 4.81. The first kappa shape index (κ1) is 15.7. The normalized spacial score (nSPS) is 11.1. The van der Waals surface area contributed by atoms with Crippen molar-refractivity contribution in [2.24, 2.45) is 0 Å². The summed E-state index contributed by atoms with van der Waals surface area (Å²) in [6.45, 7) is 0. The van der Waals surface area contributed by atoms with Crippen molar-refractivity contribution >= 4 is 44.6 Å². The van der Waals surface area contributed by atoms with Crippen LogP contribution in [0.4, 0.5) is 5.69 Å². The molecule has 1 heterocycles. The van der Waals surface area contributed by atoms with Gasteiger partial charge in [0.25, 0.3) is 10.0 Å². The predicted molar refractivity (Wildman–Crippen MR) is 82.1 cm³/mol. The first-order valence-electron chi connectivity index (χ1n) is 5.85. The monoisotopic (exact) mass is 345 g/mol. The standard InChI is InChI=1S/C12H12ClN3O3S2/c1-14-10(17)6-8-4-2-3-5-9(8)16-21(18,19)11-7-15-12(13)20-11/h2-5,7,16H,6H2,1H3,(H,14,17). The van der Waals surface area contributed by atoms with Gasteiger partial charge in [-0.3, -0.25) is 9.52 Å². The number of nitrogens with one attached hydrogen (secondary N) is 2. The van der Waals surface area contributed by atoms with Gasteiger partial charge in [-0.05, 0) is 11.6 Å². The van der Waals surface area contributed by atoms with Crippen LogP contribution in [-0.4, -0.2) is 26.4 Å². The molecule has 0 saturated carbocycles. The van der Waals surface area contributed by atoms with Crippen molar-refractivity contribution in [3.63, 3.8) is 0 Å². The van der Waals surface area contributed by atoms with E-state index in [0.29, 0.717) is 11.3 Å². The predicted octanol–water partition coefficient (Wildman–Crippen LogP) is 1.89. The molecule has 6 nitrogen and oxygen atoms in total. The van der Waals surface area contributed by atoms with Gasteiger partial charge in [-0.25, -0.2) is 13.4 Å². The molecule has 2 aromatic rings. The molecule has 1 aromatic heterocycles. The molecule has 0 atom stereocenters. The van der Waals surface area contributed by atoms with Gasteiger partial charge in [0, 0.05) is 7.05 Å². The first-order chi connectivity index (χ1) is 9.92. The van der Waals surface area contributed by atoms with Crippen LogP contribution in [0.25, 0.3) is 0 Å². The lowest BCUT2D eigenvalue weighted by Gasteiger charge is -2.11. The van der Waals surface area contributed by atoms with Crippen molar-refractivity contribution in [3.05, 3.63) is 40.5 Å². The van der Waals surface area contributed by atoms with Gasteiger partial charge < -0.3 is 5.32 Å². The lowest BCUT2D eigenvalue weighted by atomic mass is 10.1. The van der Waals surface area contributed by atoms with E-state index in [0.717, 1.165) is 11.3 Å². The molecule has 0 aliphatic carbocycles. The lowest BCUT2D eigenvalue weighted by Crippen LogP contribution is -2.21. The Hall–Kier alpha value is -1.64. The maximum atomic E-state index is 12.2. The average Bonchev–Trinajstić information content (AvgIpc) is 2.88. The molecule has 9 heteroatoms. The molecule has 1 aromatic carbocycles. The second-order valence-electron chi connectivity index (χ2n) is 4.04. The fraction of sp³-hybridized carbons (Fsp3) is 0.167. The number of thiazole rings is 1. The van der Waals surface area contributed by atoms with Gasteiger partial charge in [0.15, 0.2) is 8.68 Å². The maximum absolute atomic E-state index is 12.2. The summed E-state index contributed by atoms with van der Waals surface area (Å²) >= 11 is 6.51. The van der Waals surface area contributed by atoms with E-state index < -0.39 is 10.0 Å². The molecule has 0 spiro atoms. The van der Waals surface area contributed by atoms with Crippen molar-refractivity contribution in [1.29, 1.82) is 0 Å². The number of likely N-dealkylation sites (N-methyl/N-ethyl adjacent to an activating group) is 1. The minimum Gasteiger partial charge on any atom is -0.359 e.